The van der Waals surface area contributed by atoms with Gasteiger partial charge in [-0.3, -0.25) is 9.78 Å². The Hall–Kier alpha value is -1.90. The molecule has 104 valence electrons. The van der Waals surface area contributed by atoms with E-state index in [2.05, 4.69) is 18.8 Å². The number of hydrogen-bond donors (Lipinski definition) is 0. The largest absolute Gasteiger partial charge is 0.333 e. The molecule has 3 rings (SSSR count). The van der Waals surface area contributed by atoms with E-state index >= 15 is 0 Å². The first-order valence-electron chi connectivity index (χ1n) is 7.27. The van der Waals surface area contributed by atoms with E-state index < -0.39 is 0 Å². The molecule has 1 aromatic carbocycles. The van der Waals surface area contributed by atoms with E-state index in [0.717, 1.165) is 35.0 Å². The number of aryl methyl sites for hydroxylation is 1. The van der Waals surface area contributed by atoms with Crippen LogP contribution in [0.2, 0.25) is 0 Å². The second-order valence-corrected chi connectivity index (χ2v) is 5.87. The quantitative estimate of drug-likeness (QED) is 0.852. The minimum atomic E-state index is 0.143. The van der Waals surface area contributed by atoms with Gasteiger partial charge in [0.25, 0.3) is 5.91 Å². The summed E-state index contributed by atoms with van der Waals surface area (Å²) >= 11 is 0. The minimum Gasteiger partial charge on any atom is -0.333 e. The third-order valence-corrected chi connectivity index (χ3v) is 3.81. The van der Waals surface area contributed by atoms with Crippen LogP contribution in [-0.2, 0) is 0 Å². The summed E-state index contributed by atoms with van der Waals surface area (Å²) in [7, 11) is 0. The van der Waals surface area contributed by atoms with E-state index in [-0.39, 0.29) is 11.9 Å². The number of amides is 1. The lowest BCUT2D eigenvalue weighted by atomic mass is 10.1. The summed E-state index contributed by atoms with van der Waals surface area (Å²) in [6.45, 7) is 6.12. The number of nitrogens with zero attached hydrogens (tertiary/aromatic N) is 2. The first-order valence-corrected chi connectivity index (χ1v) is 7.27. The van der Waals surface area contributed by atoms with E-state index in [0.29, 0.717) is 6.04 Å². The molecule has 0 aliphatic heterocycles. The summed E-state index contributed by atoms with van der Waals surface area (Å²) in [4.78, 5) is 19.5. The Morgan fingerprint density at radius 3 is 2.65 bits per heavy atom. The molecule has 0 saturated heterocycles. The van der Waals surface area contributed by atoms with Crippen LogP contribution in [0.15, 0.2) is 30.3 Å². The van der Waals surface area contributed by atoms with E-state index in [1.165, 1.54) is 0 Å². The molecule has 0 spiro atoms. The Kier molecular flexibility index (Phi) is 3.20. The zero-order valence-corrected chi connectivity index (χ0v) is 12.3. The van der Waals surface area contributed by atoms with Crippen LogP contribution < -0.4 is 0 Å². The third-order valence-electron chi connectivity index (χ3n) is 3.81. The minimum absolute atomic E-state index is 0.143. The molecule has 1 aromatic heterocycles. The molecule has 1 amide bonds. The van der Waals surface area contributed by atoms with Crippen LogP contribution in [0.25, 0.3) is 10.9 Å². The van der Waals surface area contributed by atoms with Crippen molar-refractivity contribution < 1.29 is 4.79 Å². The highest BCUT2D eigenvalue weighted by molar-refractivity contribution is 6.06. The number of carbonyl (C=O) groups is 1. The number of para-hydroxylation sites is 1. The molecule has 0 N–H and O–H groups in total. The standard InChI is InChI=1S/C17H20N2O/c1-11(2)19(13-8-9-13)17(20)15-10-12(3)18-16-7-5-4-6-14(15)16/h4-7,10-11,13H,8-9H2,1-3H3. The molecule has 20 heavy (non-hydrogen) atoms. The highest BCUT2D eigenvalue weighted by atomic mass is 16.2. The van der Waals surface area contributed by atoms with Crippen LogP contribution in [-0.4, -0.2) is 27.9 Å². The van der Waals surface area contributed by atoms with Crippen molar-refractivity contribution in [2.24, 2.45) is 0 Å². The van der Waals surface area contributed by atoms with Crippen molar-refractivity contribution in [1.29, 1.82) is 0 Å². The molecule has 1 aliphatic carbocycles. The molecule has 2 aromatic rings. The zero-order valence-electron chi connectivity index (χ0n) is 12.3. The summed E-state index contributed by atoms with van der Waals surface area (Å²) in [5, 5.41) is 0.953. The third kappa shape index (κ3) is 2.28. The van der Waals surface area contributed by atoms with Crippen molar-refractivity contribution in [2.45, 2.75) is 45.7 Å². The summed E-state index contributed by atoms with van der Waals surface area (Å²) in [6, 6.07) is 10.5. The van der Waals surface area contributed by atoms with Crippen molar-refractivity contribution in [3.63, 3.8) is 0 Å². The lowest BCUT2D eigenvalue weighted by Crippen LogP contribution is -2.38. The predicted molar refractivity (Wildman–Crippen MR) is 80.8 cm³/mol. The van der Waals surface area contributed by atoms with Gasteiger partial charge in [-0.05, 0) is 45.7 Å². The summed E-state index contributed by atoms with van der Waals surface area (Å²) < 4.78 is 0. The number of pyridine rings is 1. The molecule has 0 radical (unpaired) electrons. The van der Waals surface area contributed by atoms with Crippen molar-refractivity contribution in [3.8, 4) is 0 Å². The Morgan fingerprint density at radius 1 is 1.30 bits per heavy atom. The highest BCUT2D eigenvalue weighted by Gasteiger charge is 2.35. The Morgan fingerprint density at radius 2 is 2.00 bits per heavy atom. The van der Waals surface area contributed by atoms with E-state index in [9.17, 15) is 4.79 Å². The molecule has 0 atom stereocenters. The Balaban J connectivity index is 2.10. The monoisotopic (exact) mass is 268 g/mol. The van der Waals surface area contributed by atoms with Crippen LogP contribution in [0, 0.1) is 6.92 Å². The molecular weight excluding hydrogens is 248 g/mol. The number of carbonyl (C=O) groups excluding carboxylic acids is 1. The van der Waals surface area contributed by atoms with Gasteiger partial charge >= 0.3 is 0 Å². The lowest BCUT2D eigenvalue weighted by molar-refractivity contribution is 0.0692. The van der Waals surface area contributed by atoms with Gasteiger partial charge < -0.3 is 4.90 Å². The van der Waals surface area contributed by atoms with Crippen molar-refractivity contribution in [1.82, 2.24) is 9.88 Å². The molecule has 3 nitrogen and oxygen atoms in total. The average molecular weight is 268 g/mol. The van der Waals surface area contributed by atoms with Crippen LogP contribution in [0.5, 0.6) is 0 Å². The van der Waals surface area contributed by atoms with E-state index in [4.69, 9.17) is 0 Å². The number of rotatable bonds is 3. The van der Waals surface area contributed by atoms with E-state index in [1.807, 2.05) is 42.2 Å². The fourth-order valence-electron chi connectivity index (χ4n) is 2.80. The smallest absolute Gasteiger partial charge is 0.255 e. The number of hydrogen-bond acceptors (Lipinski definition) is 2. The Bertz CT molecular complexity index is 657. The van der Waals surface area contributed by atoms with Gasteiger partial charge in [0.2, 0.25) is 0 Å². The Labute approximate surface area is 119 Å². The summed E-state index contributed by atoms with van der Waals surface area (Å²) in [5.41, 5.74) is 2.58. The number of aromatic nitrogens is 1. The van der Waals surface area contributed by atoms with Crippen LogP contribution in [0.3, 0.4) is 0 Å². The molecular formula is C17H20N2O. The highest BCUT2D eigenvalue weighted by Crippen LogP contribution is 2.31. The van der Waals surface area contributed by atoms with E-state index in [1.54, 1.807) is 0 Å². The zero-order chi connectivity index (χ0) is 14.3. The predicted octanol–water partition coefficient (Wildman–Crippen LogP) is 3.56. The first-order chi connectivity index (χ1) is 9.58. The molecule has 1 aliphatic rings. The van der Waals surface area contributed by atoms with Gasteiger partial charge in [0.1, 0.15) is 0 Å². The molecule has 1 fully saturated rings. The van der Waals surface area contributed by atoms with Crippen molar-refractivity contribution in [3.05, 3.63) is 41.6 Å². The van der Waals surface area contributed by atoms with Crippen LogP contribution >= 0.6 is 0 Å². The molecule has 0 bridgehead atoms. The lowest BCUT2D eigenvalue weighted by Gasteiger charge is -2.27. The summed E-state index contributed by atoms with van der Waals surface area (Å²) in [6.07, 6.45) is 2.26. The second-order valence-electron chi connectivity index (χ2n) is 5.87. The van der Waals surface area contributed by atoms with Crippen LogP contribution in [0.4, 0.5) is 0 Å². The second kappa shape index (κ2) is 4.89. The van der Waals surface area contributed by atoms with Gasteiger partial charge in [0.15, 0.2) is 0 Å². The molecule has 1 heterocycles. The van der Waals surface area contributed by atoms with Crippen molar-refractivity contribution >= 4 is 16.8 Å². The number of benzene rings is 1. The number of fused-ring (bicyclic) bond motifs is 1. The fraction of sp³-hybridized carbons (Fsp3) is 0.412. The van der Waals surface area contributed by atoms with Gasteiger partial charge in [-0.15, -0.1) is 0 Å². The van der Waals surface area contributed by atoms with Crippen LogP contribution in [0.1, 0.15) is 42.7 Å². The topological polar surface area (TPSA) is 33.2 Å². The van der Waals surface area contributed by atoms with Gasteiger partial charge in [0, 0.05) is 23.2 Å². The SMILES string of the molecule is Cc1cc(C(=O)N(C(C)C)C2CC2)c2ccccc2n1. The van der Waals surface area contributed by atoms with Gasteiger partial charge in [-0.1, -0.05) is 18.2 Å². The summed E-state index contributed by atoms with van der Waals surface area (Å²) in [5.74, 6) is 0.143. The maximum atomic E-state index is 12.9. The fourth-order valence-corrected chi connectivity index (χ4v) is 2.80. The van der Waals surface area contributed by atoms with Crippen molar-refractivity contribution in [2.75, 3.05) is 0 Å². The normalized spacial score (nSPS) is 14.8. The average Bonchev–Trinajstić information content (AvgIpc) is 3.21. The van der Waals surface area contributed by atoms with Gasteiger partial charge in [-0.25, -0.2) is 0 Å². The van der Waals surface area contributed by atoms with Gasteiger partial charge in [0.05, 0.1) is 11.1 Å². The first kappa shape index (κ1) is 13.1. The maximum absolute atomic E-state index is 12.9. The van der Waals surface area contributed by atoms with Gasteiger partial charge in [-0.2, -0.15) is 0 Å². The molecule has 1 saturated carbocycles. The molecule has 0 unspecified atom stereocenters. The maximum Gasteiger partial charge on any atom is 0.255 e. The molecule has 3 heteroatoms.